The van der Waals surface area contributed by atoms with Gasteiger partial charge in [-0.15, -0.1) is 0 Å². The van der Waals surface area contributed by atoms with Crippen LogP contribution in [0.3, 0.4) is 0 Å². The number of methoxy groups -OCH3 is 1. The molecule has 0 aliphatic rings. The van der Waals surface area contributed by atoms with Crippen molar-refractivity contribution in [1.29, 1.82) is 0 Å². The predicted octanol–water partition coefficient (Wildman–Crippen LogP) is 4.74. The zero-order valence-electron chi connectivity index (χ0n) is 12.8. The second-order valence-electron chi connectivity index (χ2n) is 5.36. The third kappa shape index (κ3) is 4.58. The van der Waals surface area contributed by atoms with Crippen LogP contribution in [0, 0.1) is 0 Å². The van der Waals surface area contributed by atoms with E-state index in [0.717, 1.165) is 16.6 Å². The molecule has 112 valence electrons. The van der Waals surface area contributed by atoms with Crippen LogP contribution in [-0.4, -0.2) is 13.2 Å². The van der Waals surface area contributed by atoms with Crippen LogP contribution in [0.4, 0.5) is 0 Å². The molecule has 1 N–H and O–H groups in total. The summed E-state index contributed by atoms with van der Waals surface area (Å²) in [5.41, 5.74) is 2.53. The quantitative estimate of drug-likeness (QED) is 0.814. The first-order valence-corrected chi connectivity index (χ1v) is 8.03. The fourth-order valence-electron chi connectivity index (χ4n) is 2.56. The lowest BCUT2D eigenvalue weighted by atomic mass is 10.0. The molecule has 3 heteroatoms. The van der Waals surface area contributed by atoms with Crippen LogP contribution in [0.2, 0.25) is 0 Å². The second-order valence-corrected chi connectivity index (χ2v) is 6.28. The van der Waals surface area contributed by atoms with Crippen molar-refractivity contribution in [2.24, 2.45) is 0 Å². The molecular formula is C18H22BrNO. The summed E-state index contributed by atoms with van der Waals surface area (Å²) in [5.74, 6) is 0.959. The summed E-state index contributed by atoms with van der Waals surface area (Å²) in [6.07, 6.45) is 0.947. The Hall–Kier alpha value is -1.32. The molecule has 21 heavy (non-hydrogen) atoms. The van der Waals surface area contributed by atoms with E-state index >= 15 is 0 Å². The fourth-order valence-corrected chi connectivity index (χ4v) is 2.98. The van der Waals surface area contributed by atoms with E-state index in [9.17, 15) is 0 Å². The SMILES string of the molecule is COc1ccccc1CC(C)N[C@H](C)c1cccc(Br)c1. The molecule has 0 heterocycles. The maximum atomic E-state index is 5.42. The van der Waals surface area contributed by atoms with Gasteiger partial charge in [-0.2, -0.15) is 0 Å². The van der Waals surface area contributed by atoms with Gasteiger partial charge < -0.3 is 10.1 Å². The van der Waals surface area contributed by atoms with Crippen LogP contribution in [0.15, 0.2) is 53.0 Å². The van der Waals surface area contributed by atoms with E-state index in [4.69, 9.17) is 4.74 Å². The number of ether oxygens (including phenoxy) is 1. The van der Waals surface area contributed by atoms with Crippen molar-refractivity contribution >= 4 is 15.9 Å². The smallest absolute Gasteiger partial charge is 0.122 e. The molecule has 0 aromatic heterocycles. The zero-order chi connectivity index (χ0) is 15.2. The van der Waals surface area contributed by atoms with Crippen molar-refractivity contribution in [3.05, 3.63) is 64.1 Å². The highest BCUT2D eigenvalue weighted by atomic mass is 79.9. The number of benzene rings is 2. The zero-order valence-corrected chi connectivity index (χ0v) is 14.4. The van der Waals surface area contributed by atoms with Gasteiger partial charge in [0.05, 0.1) is 7.11 Å². The van der Waals surface area contributed by atoms with E-state index < -0.39 is 0 Å². The molecule has 2 aromatic carbocycles. The number of nitrogens with one attached hydrogen (secondary N) is 1. The lowest BCUT2D eigenvalue weighted by molar-refractivity contribution is 0.403. The van der Waals surface area contributed by atoms with Crippen molar-refractivity contribution in [2.75, 3.05) is 7.11 Å². The lowest BCUT2D eigenvalue weighted by Gasteiger charge is -2.21. The molecule has 0 bridgehead atoms. The monoisotopic (exact) mass is 347 g/mol. The molecule has 0 aliphatic heterocycles. The van der Waals surface area contributed by atoms with Gasteiger partial charge in [0.1, 0.15) is 5.75 Å². The highest BCUT2D eigenvalue weighted by Crippen LogP contribution is 2.21. The van der Waals surface area contributed by atoms with E-state index in [1.54, 1.807) is 7.11 Å². The normalized spacial score (nSPS) is 13.7. The molecule has 2 nitrogen and oxygen atoms in total. The number of rotatable bonds is 6. The number of hydrogen-bond acceptors (Lipinski definition) is 2. The average molecular weight is 348 g/mol. The van der Waals surface area contributed by atoms with Gasteiger partial charge in [-0.25, -0.2) is 0 Å². The Morgan fingerprint density at radius 3 is 2.57 bits per heavy atom. The van der Waals surface area contributed by atoms with Gasteiger partial charge in [0.25, 0.3) is 0 Å². The molecule has 2 aromatic rings. The van der Waals surface area contributed by atoms with E-state index in [1.807, 2.05) is 12.1 Å². The highest BCUT2D eigenvalue weighted by Gasteiger charge is 2.12. The van der Waals surface area contributed by atoms with Gasteiger partial charge in [0.15, 0.2) is 0 Å². The Morgan fingerprint density at radius 1 is 1.10 bits per heavy atom. The van der Waals surface area contributed by atoms with E-state index in [0.29, 0.717) is 12.1 Å². The number of hydrogen-bond donors (Lipinski definition) is 1. The Kier molecular flexibility index (Phi) is 5.83. The summed E-state index contributed by atoms with van der Waals surface area (Å²) in [6, 6.07) is 17.3. The minimum Gasteiger partial charge on any atom is -0.496 e. The highest BCUT2D eigenvalue weighted by molar-refractivity contribution is 9.10. The summed E-state index contributed by atoms with van der Waals surface area (Å²) in [7, 11) is 1.72. The van der Waals surface area contributed by atoms with E-state index in [2.05, 4.69) is 71.5 Å². The molecule has 0 spiro atoms. The Bertz CT molecular complexity index is 585. The second kappa shape index (κ2) is 7.62. The Balaban J connectivity index is 1.99. The van der Waals surface area contributed by atoms with Crippen LogP contribution in [0.5, 0.6) is 5.75 Å². The van der Waals surface area contributed by atoms with Gasteiger partial charge in [0.2, 0.25) is 0 Å². The van der Waals surface area contributed by atoms with Gasteiger partial charge >= 0.3 is 0 Å². The molecule has 0 radical (unpaired) electrons. The van der Waals surface area contributed by atoms with Crippen LogP contribution in [0.1, 0.15) is 31.0 Å². The molecule has 2 atom stereocenters. The predicted molar refractivity (Wildman–Crippen MR) is 91.9 cm³/mol. The van der Waals surface area contributed by atoms with Gasteiger partial charge in [-0.1, -0.05) is 46.3 Å². The number of halogens is 1. The molecule has 0 saturated carbocycles. The van der Waals surface area contributed by atoms with Crippen LogP contribution < -0.4 is 10.1 Å². The van der Waals surface area contributed by atoms with Crippen LogP contribution in [0.25, 0.3) is 0 Å². The topological polar surface area (TPSA) is 21.3 Å². The summed E-state index contributed by atoms with van der Waals surface area (Å²) in [6.45, 7) is 4.40. The minimum absolute atomic E-state index is 0.312. The third-order valence-corrected chi connectivity index (χ3v) is 4.10. The minimum atomic E-state index is 0.312. The molecular weight excluding hydrogens is 326 g/mol. The van der Waals surface area contributed by atoms with Gasteiger partial charge in [-0.05, 0) is 49.6 Å². The summed E-state index contributed by atoms with van der Waals surface area (Å²) >= 11 is 3.53. The lowest BCUT2D eigenvalue weighted by Crippen LogP contribution is -2.30. The van der Waals surface area contributed by atoms with Gasteiger partial charge in [-0.3, -0.25) is 0 Å². The molecule has 0 fully saturated rings. The van der Waals surface area contributed by atoms with E-state index in [-0.39, 0.29) is 0 Å². The summed E-state index contributed by atoms with van der Waals surface area (Å²) < 4.78 is 6.53. The van der Waals surface area contributed by atoms with Gasteiger partial charge in [0, 0.05) is 16.6 Å². The fraction of sp³-hybridized carbons (Fsp3) is 0.333. The first-order chi connectivity index (χ1) is 10.1. The molecule has 0 saturated heterocycles. The van der Waals surface area contributed by atoms with Crippen LogP contribution in [-0.2, 0) is 6.42 Å². The van der Waals surface area contributed by atoms with Crippen molar-refractivity contribution in [1.82, 2.24) is 5.32 Å². The Labute approximate surface area is 135 Å². The van der Waals surface area contributed by atoms with Crippen molar-refractivity contribution in [3.8, 4) is 5.75 Å². The largest absolute Gasteiger partial charge is 0.496 e. The standard InChI is InChI=1S/C18H22BrNO/c1-13(11-16-7-4-5-10-18(16)21-3)20-14(2)15-8-6-9-17(19)12-15/h4-10,12-14,20H,11H2,1-3H3/t13?,14-/m1/s1. The first kappa shape index (κ1) is 16.1. The molecule has 0 amide bonds. The maximum absolute atomic E-state index is 5.42. The Morgan fingerprint density at radius 2 is 1.86 bits per heavy atom. The third-order valence-electron chi connectivity index (χ3n) is 3.60. The molecule has 0 aliphatic carbocycles. The van der Waals surface area contributed by atoms with Crippen molar-refractivity contribution in [3.63, 3.8) is 0 Å². The first-order valence-electron chi connectivity index (χ1n) is 7.23. The summed E-state index contributed by atoms with van der Waals surface area (Å²) in [5, 5.41) is 3.65. The molecule has 1 unspecified atom stereocenters. The van der Waals surface area contributed by atoms with E-state index in [1.165, 1.54) is 11.1 Å². The summed E-state index contributed by atoms with van der Waals surface area (Å²) in [4.78, 5) is 0. The number of para-hydroxylation sites is 1. The van der Waals surface area contributed by atoms with Crippen molar-refractivity contribution in [2.45, 2.75) is 32.4 Å². The average Bonchev–Trinajstić information content (AvgIpc) is 2.47. The maximum Gasteiger partial charge on any atom is 0.122 e. The molecule has 2 rings (SSSR count). The van der Waals surface area contributed by atoms with Crippen LogP contribution >= 0.6 is 15.9 Å². The van der Waals surface area contributed by atoms with Crippen molar-refractivity contribution < 1.29 is 4.74 Å².